The molecular weight excluding hydrogens is 440 g/mol. The standard InChI is InChI=1S/C25H28N2O7/c28-15(11-23(29)30)12-26-24(31)22-10-9-16(34-22)13-27-25(32)33-14-21-19-7-3-1-5-17(19)18-6-2-4-8-20(18)21/h1-8,15-16,21-22,28H,9-14H2,(H,26,31)(H,27,32)(H,29,30). The normalized spacial score (nSPS) is 19.7. The fourth-order valence-electron chi connectivity index (χ4n) is 4.50. The largest absolute Gasteiger partial charge is 0.481 e. The number of carboxylic acid groups (broad SMARTS) is 1. The topological polar surface area (TPSA) is 134 Å². The summed E-state index contributed by atoms with van der Waals surface area (Å²) >= 11 is 0. The number of carbonyl (C=O) groups excluding carboxylic acids is 2. The van der Waals surface area contributed by atoms with Crippen molar-refractivity contribution in [3.8, 4) is 11.1 Å². The number of rotatable bonds is 9. The molecule has 1 fully saturated rings. The lowest BCUT2D eigenvalue weighted by Crippen LogP contribution is -2.40. The molecule has 9 nitrogen and oxygen atoms in total. The highest BCUT2D eigenvalue weighted by molar-refractivity contribution is 5.81. The molecule has 180 valence electrons. The van der Waals surface area contributed by atoms with E-state index in [1.807, 2.05) is 24.3 Å². The maximum atomic E-state index is 12.3. The minimum absolute atomic E-state index is 0.0227. The van der Waals surface area contributed by atoms with E-state index in [2.05, 4.69) is 34.9 Å². The molecule has 1 aliphatic heterocycles. The maximum absolute atomic E-state index is 12.3. The molecule has 9 heteroatoms. The van der Waals surface area contributed by atoms with Crippen LogP contribution in [0.15, 0.2) is 48.5 Å². The Kier molecular flexibility index (Phi) is 7.44. The van der Waals surface area contributed by atoms with Gasteiger partial charge in [-0.3, -0.25) is 9.59 Å². The van der Waals surface area contributed by atoms with Crippen molar-refractivity contribution in [3.05, 3.63) is 59.7 Å². The van der Waals surface area contributed by atoms with Crippen LogP contribution in [-0.2, 0) is 19.1 Å². The van der Waals surface area contributed by atoms with E-state index in [-0.39, 0.29) is 31.7 Å². The van der Waals surface area contributed by atoms with Gasteiger partial charge in [0.15, 0.2) is 0 Å². The van der Waals surface area contributed by atoms with Crippen LogP contribution in [0.5, 0.6) is 0 Å². The quantitative estimate of drug-likeness (QED) is 0.442. The van der Waals surface area contributed by atoms with Crippen molar-refractivity contribution >= 4 is 18.0 Å². The second-order valence-corrected chi connectivity index (χ2v) is 8.53. The zero-order chi connectivity index (χ0) is 24.1. The van der Waals surface area contributed by atoms with Gasteiger partial charge in [-0.15, -0.1) is 0 Å². The Labute approximate surface area is 197 Å². The molecule has 0 bridgehead atoms. The van der Waals surface area contributed by atoms with Crippen LogP contribution in [-0.4, -0.2) is 66.2 Å². The molecule has 0 aromatic heterocycles. The van der Waals surface area contributed by atoms with Gasteiger partial charge in [0, 0.05) is 19.0 Å². The van der Waals surface area contributed by atoms with Gasteiger partial charge < -0.3 is 30.3 Å². The molecule has 2 aliphatic rings. The van der Waals surface area contributed by atoms with Crippen LogP contribution in [0.2, 0.25) is 0 Å². The summed E-state index contributed by atoms with van der Waals surface area (Å²) in [5.41, 5.74) is 4.59. The third kappa shape index (κ3) is 5.55. The molecule has 1 aliphatic carbocycles. The molecule has 4 rings (SSSR count). The summed E-state index contributed by atoms with van der Waals surface area (Å²) in [6.07, 6.45) is -2.13. The van der Waals surface area contributed by atoms with Gasteiger partial charge in [-0.1, -0.05) is 48.5 Å². The van der Waals surface area contributed by atoms with Crippen molar-refractivity contribution in [2.75, 3.05) is 19.7 Å². The number of benzene rings is 2. The molecule has 2 aromatic carbocycles. The monoisotopic (exact) mass is 468 g/mol. The molecule has 34 heavy (non-hydrogen) atoms. The van der Waals surface area contributed by atoms with Gasteiger partial charge >= 0.3 is 12.1 Å². The van der Waals surface area contributed by atoms with Crippen LogP contribution in [0, 0.1) is 0 Å². The fourth-order valence-corrected chi connectivity index (χ4v) is 4.50. The second kappa shape index (κ2) is 10.7. The van der Waals surface area contributed by atoms with Crippen molar-refractivity contribution in [1.82, 2.24) is 10.6 Å². The summed E-state index contributed by atoms with van der Waals surface area (Å²) in [4.78, 5) is 35.0. The number of aliphatic hydroxyl groups excluding tert-OH is 1. The predicted octanol–water partition coefficient (Wildman–Crippen LogP) is 2.02. The molecule has 1 heterocycles. The molecule has 4 N–H and O–H groups in total. The van der Waals surface area contributed by atoms with E-state index in [4.69, 9.17) is 14.6 Å². The van der Waals surface area contributed by atoms with Gasteiger partial charge in [0.2, 0.25) is 5.91 Å². The fraction of sp³-hybridized carbons (Fsp3) is 0.400. The first-order valence-corrected chi connectivity index (χ1v) is 11.3. The number of ether oxygens (including phenoxy) is 2. The van der Waals surface area contributed by atoms with Gasteiger partial charge in [-0.2, -0.15) is 0 Å². The Morgan fingerprint density at radius 1 is 1.00 bits per heavy atom. The summed E-state index contributed by atoms with van der Waals surface area (Å²) in [6.45, 7) is 0.269. The number of carboxylic acids is 1. The second-order valence-electron chi connectivity index (χ2n) is 8.53. The number of carbonyl (C=O) groups is 3. The highest BCUT2D eigenvalue weighted by Crippen LogP contribution is 2.44. The molecule has 2 amide bonds. The Hall–Kier alpha value is -3.43. The zero-order valence-electron chi connectivity index (χ0n) is 18.6. The number of alkyl carbamates (subject to hydrolysis) is 1. The molecule has 0 radical (unpaired) electrons. The van der Waals surface area contributed by atoms with Crippen molar-refractivity contribution in [2.45, 2.75) is 43.5 Å². The number of hydrogen-bond donors (Lipinski definition) is 4. The smallest absolute Gasteiger partial charge is 0.407 e. The Morgan fingerprint density at radius 2 is 1.65 bits per heavy atom. The van der Waals surface area contributed by atoms with Gasteiger partial charge in [0.25, 0.3) is 0 Å². The lowest BCUT2D eigenvalue weighted by atomic mass is 9.98. The van der Waals surface area contributed by atoms with Crippen molar-refractivity contribution in [3.63, 3.8) is 0 Å². The van der Waals surface area contributed by atoms with Crippen LogP contribution >= 0.6 is 0 Å². The van der Waals surface area contributed by atoms with E-state index in [9.17, 15) is 19.5 Å². The van der Waals surface area contributed by atoms with Crippen LogP contribution < -0.4 is 10.6 Å². The average molecular weight is 469 g/mol. The van der Waals surface area contributed by atoms with E-state index in [1.165, 1.54) is 0 Å². The number of amides is 2. The van der Waals surface area contributed by atoms with Gasteiger partial charge in [0.05, 0.1) is 18.6 Å². The first-order valence-electron chi connectivity index (χ1n) is 11.3. The number of fused-ring (bicyclic) bond motifs is 3. The third-order valence-electron chi connectivity index (χ3n) is 6.14. The minimum Gasteiger partial charge on any atom is -0.481 e. The number of aliphatic hydroxyl groups is 1. The van der Waals surface area contributed by atoms with Crippen molar-refractivity contribution in [2.24, 2.45) is 0 Å². The van der Waals surface area contributed by atoms with Crippen LogP contribution in [0.1, 0.15) is 36.3 Å². The molecule has 3 unspecified atom stereocenters. The molecule has 0 saturated carbocycles. The molecular formula is C25H28N2O7. The van der Waals surface area contributed by atoms with E-state index >= 15 is 0 Å². The van der Waals surface area contributed by atoms with Crippen LogP contribution in [0.3, 0.4) is 0 Å². The molecule has 0 spiro atoms. The predicted molar refractivity (Wildman–Crippen MR) is 122 cm³/mol. The maximum Gasteiger partial charge on any atom is 0.407 e. The van der Waals surface area contributed by atoms with Crippen molar-refractivity contribution in [1.29, 1.82) is 0 Å². The van der Waals surface area contributed by atoms with E-state index in [0.29, 0.717) is 12.8 Å². The molecule has 2 aromatic rings. The summed E-state index contributed by atoms with van der Waals surface area (Å²) in [6, 6.07) is 16.2. The van der Waals surface area contributed by atoms with E-state index in [1.54, 1.807) is 0 Å². The third-order valence-corrected chi connectivity index (χ3v) is 6.14. The summed E-state index contributed by atoms with van der Waals surface area (Å²) < 4.78 is 11.2. The lowest BCUT2D eigenvalue weighted by Gasteiger charge is -2.17. The average Bonchev–Trinajstić information content (AvgIpc) is 3.42. The van der Waals surface area contributed by atoms with E-state index < -0.39 is 36.6 Å². The summed E-state index contributed by atoms with van der Waals surface area (Å²) in [5.74, 6) is -1.57. The SMILES string of the molecule is O=C(O)CC(O)CNC(=O)C1CCC(CNC(=O)OCC2c3ccccc3-c3ccccc32)O1. The highest BCUT2D eigenvalue weighted by Gasteiger charge is 2.32. The Morgan fingerprint density at radius 3 is 2.29 bits per heavy atom. The van der Waals surface area contributed by atoms with Crippen LogP contribution in [0.4, 0.5) is 4.79 Å². The van der Waals surface area contributed by atoms with Gasteiger partial charge in [0.1, 0.15) is 12.7 Å². The Balaban J connectivity index is 1.20. The number of aliphatic carboxylic acids is 1. The number of nitrogens with one attached hydrogen (secondary N) is 2. The summed E-state index contributed by atoms with van der Waals surface area (Å²) in [5, 5.41) is 23.4. The minimum atomic E-state index is -1.16. The van der Waals surface area contributed by atoms with Crippen molar-refractivity contribution < 1.29 is 34.1 Å². The molecule has 3 atom stereocenters. The number of hydrogen-bond acceptors (Lipinski definition) is 6. The first kappa shape index (κ1) is 23.7. The first-order chi connectivity index (χ1) is 16.4. The van der Waals surface area contributed by atoms with E-state index in [0.717, 1.165) is 22.3 Å². The van der Waals surface area contributed by atoms with Gasteiger partial charge in [-0.05, 0) is 35.1 Å². The zero-order valence-corrected chi connectivity index (χ0v) is 18.6. The highest BCUT2D eigenvalue weighted by atomic mass is 16.5. The molecule has 1 saturated heterocycles. The van der Waals surface area contributed by atoms with Crippen LogP contribution in [0.25, 0.3) is 11.1 Å². The van der Waals surface area contributed by atoms with Gasteiger partial charge in [-0.25, -0.2) is 4.79 Å². The Bertz CT molecular complexity index is 1010. The summed E-state index contributed by atoms with van der Waals surface area (Å²) in [7, 11) is 0. The lowest BCUT2D eigenvalue weighted by molar-refractivity contribution is -0.140.